The van der Waals surface area contributed by atoms with E-state index >= 15 is 0 Å². The molecule has 1 aliphatic rings. The van der Waals surface area contributed by atoms with Crippen molar-refractivity contribution in [3.05, 3.63) is 16.1 Å². The van der Waals surface area contributed by atoms with Crippen LogP contribution in [-0.4, -0.2) is 16.9 Å². The minimum atomic E-state index is 0.160. The molecule has 2 atom stereocenters. The Morgan fingerprint density at radius 3 is 3.07 bits per heavy atom. The van der Waals surface area contributed by atoms with Crippen LogP contribution in [0.3, 0.4) is 0 Å². The van der Waals surface area contributed by atoms with Crippen LogP contribution in [0.15, 0.2) is 5.38 Å². The first-order valence-electron chi connectivity index (χ1n) is 4.92. The molecule has 0 bridgehead atoms. The summed E-state index contributed by atoms with van der Waals surface area (Å²) in [5.41, 5.74) is 1.08. The number of carbonyl (C=O) groups excluding carboxylic acids is 1. The van der Waals surface area contributed by atoms with Gasteiger partial charge in [-0.1, -0.05) is 6.92 Å². The number of carbonyl (C=O) groups is 1. The number of aryl methyl sites for hydroxylation is 1. The van der Waals surface area contributed by atoms with Crippen LogP contribution in [0.25, 0.3) is 0 Å². The van der Waals surface area contributed by atoms with Crippen molar-refractivity contribution in [3.63, 3.8) is 0 Å². The zero-order valence-corrected chi connectivity index (χ0v) is 9.23. The lowest BCUT2D eigenvalue weighted by atomic mass is 9.96. The number of hydrogen-bond acceptors (Lipinski definition) is 3. The molecule has 1 saturated heterocycles. The van der Waals surface area contributed by atoms with Crippen molar-refractivity contribution in [1.82, 2.24) is 10.3 Å². The number of nitrogens with zero attached hydrogens (tertiary/aromatic N) is 1. The molecule has 2 rings (SSSR count). The summed E-state index contributed by atoms with van der Waals surface area (Å²) in [4.78, 5) is 15.7. The molecule has 3 nitrogen and oxygen atoms in total. The molecular formula is C10H14N2OS. The minimum Gasteiger partial charge on any atom is -0.353 e. The van der Waals surface area contributed by atoms with E-state index in [1.54, 1.807) is 11.3 Å². The van der Waals surface area contributed by atoms with Crippen molar-refractivity contribution in [3.8, 4) is 0 Å². The van der Waals surface area contributed by atoms with Crippen LogP contribution in [0.2, 0.25) is 0 Å². The van der Waals surface area contributed by atoms with Gasteiger partial charge in [-0.05, 0) is 13.3 Å². The van der Waals surface area contributed by atoms with Crippen molar-refractivity contribution in [2.45, 2.75) is 38.6 Å². The molecule has 4 heteroatoms. The summed E-state index contributed by atoms with van der Waals surface area (Å²) in [7, 11) is 0. The van der Waals surface area contributed by atoms with E-state index in [2.05, 4.69) is 22.6 Å². The molecule has 14 heavy (non-hydrogen) atoms. The van der Waals surface area contributed by atoms with E-state index in [1.165, 1.54) is 0 Å². The molecule has 1 N–H and O–H groups in total. The van der Waals surface area contributed by atoms with Gasteiger partial charge in [0.05, 0.1) is 10.7 Å². The number of rotatable bonds is 2. The molecule has 1 aliphatic heterocycles. The highest BCUT2D eigenvalue weighted by Crippen LogP contribution is 2.30. The Morgan fingerprint density at radius 1 is 1.71 bits per heavy atom. The van der Waals surface area contributed by atoms with Gasteiger partial charge in [0.2, 0.25) is 5.91 Å². The first kappa shape index (κ1) is 9.65. The molecule has 0 aromatic carbocycles. The van der Waals surface area contributed by atoms with E-state index < -0.39 is 0 Å². The third-order valence-electron chi connectivity index (χ3n) is 2.69. The molecule has 1 amide bonds. The van der Waals surface area contributed by atoms with Gasteiger partial charge in [-0.2, -0.15) is 0 Å². The smallest absolute Gasteiger partial charge is 0.220 e. The van der Waals surface area contributed by atoms with Crippen LogP contribution in [0.4, 0.5) is 0 Å². The Balaban J connectivity index is 2.21. The molecule has 0 aliphatic carbocycles. The quantitative estimate of drug-likeness (QED) is 0.809. The maximum Gasteiger partial charge on any atom is 0.220 e. The standard InChI is InChI=1S/C10H14N2OS/c1-3-8-7(4-10(13)12-8)9-5-14-6(2)11-9/h5,7-8H,3-4H2,1-2H3,(H,12,13). The zero-order chi connectivity index (χ0) is 10.1. The molecular weight excluding hydrogens is 196 g/mol. The summed E-state index contributed by atoms with van der Waals surface area (Å²) in [5, 5.41) is 6.14. The van der Waals surface area contributed by atoms with Crippen molar-refractivity contribution in [1.29, 1.82) is 0 Å². The van der Waals surface area contributed by atoms with Gasteiger partial charge >= 0.3 is 0 Å². The van der Waals surface area contributed by atoms with Crippen LogP contribution < -0.4 is 5.32 Å². The fourth-order valence-electron chi connectivity index (χ4n) is 1.96. The third-order valence-corrected chi connectivity index (χ3v) is 3.49. The SMILES string of the molecule is CCC1NC(=O)CC1c1csc(C)n1. The van der Waals surface area contributed by atoms with Gasteiger partial charge in [-0.15, -0.1) is 11.3 Å². The van der Waals surface area contributed by atoms with Crippen molar-refractivity contribution in [2.75, 3.05) is 0 Å². The van der Waals surface area contributed by atoms with Gasteiger partial charge in [0.25, 0.3) is 0 Å². The first-order valence-corrected chi connectivity index (χ1v) is 5.80. The Bertz CT molecular complexity index is 348. The summed E-state index contributed by atoms with van der Waals surface area (Å²) in [6.07, 6.45) is 1.58. The molecule has 2 heterocycles. The van der Waals surface area contributed by atoms with E-state index in [4.69, 9.17) is 0 Å². The zero-order valence-electron chi connectivity index (χ0n) is 8.41. The Kier molecular flexibility index (Phi) is 2.54. The summed E-state index contributed by atoms with van der Waals surface area (Å²) in [6.45, 7) is 4.10. The fourth-order valence-corrected chi connectivity index (χ4v) is 2.63. The molecule has 1 fully saturated rings. The Hall–Kier alpha value is -0.900. The number of nitrogens with one attached hydrogen (secondary N) is 1. The number of hydrogen-bond donors (Lipinski definition) is 1. The van der Waals surface area contributed by atoms with E-state index in [0.717, 1.165) is 17.1 Å². The van der Waals surface area contributed by atoms with E-state index in [0.29, 0.717) is 6.42 Å². The van der Waals surface area contributed by atoms with Crippen LogP contribution in [-0.2, 0) is 4.79 Å². The summed E-state index contributed by atoms with van der Waals surface area (Å²) < 4.78 is 0. The maximum atomic E-state index is 11.3. The predicted octanol–water partition coefficient (Wildman–Crippen LogP) is 1.83. The highest BCUT2D eigenvalue weighted by atomic mass is 32.1. The fraction of sp³-hybridized carbons (Fsp3) is 0.600. The molecule has 76 valence electrons. The van der Waals surface area contributed by atoms with Crippen molar-refractivity contribution >= 4 is 17.2 Å². The number of amides is 1. The molecule has 0 radical (unpaired) electrons. The second kappa shape index (κ2) is 3.69. The summed E-state index contributed by atoms with van der Waals surface area (Å²) in [5.74, 6) is 0.449. The lowest BCUT2D eigenvalue weighted by Gasteiger charge is -2.14. The topological polar surface area (TPSA) is 42.0 Å². The van der Waals surface area contributed by atoms with E-state index in [9.17, 15) is 4.79 Å². The van der Waals surface area contributed by atoms with Crippen LogP contribution >= 0.6 is 11.3 Å². The van der Waals surface area contributed by atoms with Gasteiger partial charge in [0.1, 0.15) is 0 Å². The lowest BCUT2D eigenvalue weighted by molar-refractivity contribution is -0.119. The third kappa shape index (κ3) is 1.66. The summed E-state index contributed by atoms with van der Waals surface area (Å²) >= 11 is 1.65. The first-order chi connectivity index (χ1) is 6.70. The van der Waals surface area contributed by atoms with Crippen LogP contribution in [0, 0.1) is 6.92 Å². The van der Waals surface area contributed by atoms with E-state index in [1.807, 2.05) is 6.92 Å². The van der Waals surface area contributed by atoms with Crippen molar-refractivity contribution in [2.24, 2.45) is 0 Å². The maximum absolute atomic E-state index is 11.3. The van der Waals surface area contributed by atoms with Gasteiger partial charge in [0, 0.05) is 23.8 Å². The van der Waals surface area contributed by atoms with E-state index in [-0.39, 0.29) is 17.9 Å². The molecule has 0 spiro atoms. The normalized spacial score (nSPS) is 26.6. The molecule has 2 unspecified atom stereocenters. The highest BCUT2D eigenvalue weighted by Gasteiger charge is 2.33. The number of thiazole rings is 1. The van der Waals surface area contributed by atoms with Gasteiger partial charge < -0.3 is 5.32 Å². The Morgan fingerprint density at radius 2 is 2.50 bits per heavy atom. The van der Waals surface area contributed by atoms with Crippen LogP contribution in [0.5, 0.6) is 0 Å². The highest BCUT2D eigenvalue weighted by molar-refractivity contribution is 7.09. The largest absolute Gasteiger partial charge is 0.353 e. The lowest BCUT2D eigenvalue weighted by Crippen LogP contribution is -2.27. The second-order valence-corrected chi connectivity index (χ2v) is 4.75. The minimum absolute atomic E-state index is 0.160. The van der Waals surface area contributed by atoms with Gasteiger partial charge in [0.15, 0.2) is 0 Å². The van der Waals surface area contributed by atoms with Gasteiger partial charge in [-0.25, -0.2) is 4.98 Å². The second-order valence-electron chi connectivity index (χ2n) is 3.68. The number of aromatic nitrogens is 1. The molecule has 1 aromatic heterocycles. The molecule has 1 aromatic rings. The van der Waals surface area contributed by atoms with Crippen LogP contribution in [0.1, 0.15) is 36.4 Å². The Labute approximate surface area is 87.6 Å². The summed E-state index contributed by atoms with van der Waals surface area (Å²) in [6, 6.07) is 0.281. The van der Waals surface area contributed by atoms with Crippen molar-refractivity contribution < 1.29 is 4.79 Å². The average molecular weight is 210 g/mol. The van der Waals surface area contributed by atoms with Gasteiger partial charge in [-0.3, -0.25) is 4.79 Å². The average Bonchev–Trinajstić information content (AvgIpc) is 2.71. The monoisotopic (exact) mass is 210 g/mol. The molecule has 0 saturated carbocycles. The predicted molar refractivity (Wildman–Crippen MR) is 56.4 cm³/mol.